The number of carbonyl (C=O) groups is 2. The highest BCUT2D eigenvalue weighted by Gasteiger charge is 2.56. The van der Waals surface area contributed by atoms with Gasteiger partial charge in [-0.25, -0.2) is 14.5 Å². The Hall–Kier alpha value is -2.87. The first-order valence-corrected chi connectivity index (χ1v) is 11.6. The highest BCUT2D eigenvalue weighted by atomic mass is 16.8. The Balaban J connectivity index is 1.22. The quantitative estimate of drug-likeness (QED) is 0.504. The molecule has 1 unspecified atom stereocenters. The number of ether oxygens (including phenoxy) is 3. The summed E-state index contributed by atoms with van der Waals surface area (Å²) in [6.45, 7) is 1.44. The van der Waals surface area contributed by atoms with Crippen molar-refractivity contribution in [3.05, 3.63) is 48.2 Å². The molecule has 0 bridgehead atoms. The summed E-state index contributed by atoms with van der Waals surface area (Å²) in [5, 5.41) is 4.59. The molecule has 32 heavy (non-hydrogen) atoms. The molecular weight excluding hydrogens is 410 g/mol. The molecule has 8 nitrogen and oxygen atoms in total. The van der Waals surface area contributed by atoms with E-state index in [4.69, 9.17) is 14.2 Å². The van der Waals surface area contributed by atoms with E-state index in [-0.39, 0.29) is 5.92 Å². The molecule has 2 aliphatic heterocycles. The molecule has 1 aliphatic carbocycles. The van der Waals surface area contributed by atoms with E-state index in [9.17, 15) is 9.59 Å². The van der Waals surface area contributed by atoms with E-state index >= 15 is 0 Å². The summed E-state index contributed by atoms with van der Waals surface area (Å²) < 4.78 is 18.9. The molecule has 1 atom stereocenters. The van der Waals surface area contributed by atoms with Gasteiger partial charge in [-0.05, 0) is 30.7 Å². The lowest BCUT2D eigenvalue weighted by Crippen LogP contribution is -2.55. The molecule has 2 aromatic rings. The smallest absolute Gasteiger partial charge is 0.421 e. The zero-order chi connectivity index (χ0) is 22.0. The van der Waals surface area contributed by atoms with Gasteiger partial charge in [0, 0.05) is 31.8 Å². The van der Waals surface area contributed by atoms with Crippen molar-refractivity contribution in [1.82, 2.24) is 14.7 Å². The minimum atomic E-state index is -1.36. The van der Waals surface area contributed by atoms with Gasteiger partial charge in [0.15, 0.2) is 0 Å². The molecule has 2 saturated heterocycles. The van der Waals surface area contributed by atoms with Gasteiger partial charge >= 0.3 is 17.8 Å². The molecule has 0 radical (unpaired) electrons. The van der Waals surface area contributed by atoms with Gasteiger partial charge in [0.05, 0.1) is 6.04 Å². The molecule has 0 N–H and O–H groups in total. The monoisotopic (exact) mass is 439 g/mol. The van der Waals surface area contributed by atoms with Gasteiger partial charge in [-0.15, -0.1) is 5.10 Å². The minimum absolute atomic E-state index is 0.137. The van der Waals surface area contributed by atoms with Crippen molar-refractivity contribution in [2.75, 3.05) is 19.7 Å². The summed E-state index contributed by atoms with van der Waals surface area (Å²) in [6, 6.07) is 12.4. The van der Waals surface area contributed by atoms with Crippen LogP contribution in [0.4, 0.5) is 0 Å². The van der Waals surface area contributed by atoms with Crippen LogP contribution in [-0.2, 0) is 19.1 Å². The predicted molar refractivity (Wildman–Crippen MR) is 115 cm³/mol. The Morgan fingerprint density at radius 1 is 1.00 bits per heavy atom. The summed E-state index contributed by atoms with van der Waals surface area (Å²) in [5.41, 5.74) is 1.15. The van der Waals surface area contributed by atoms with Gasteiger partial charge in [-0.3, -0.25) is 4.68 Å². The van der Waals surface area contributed by atoms with Crippen LogP contribution >= 0.6 is 0 Å². The average molecular weight is 440 g/mol. The summed E-state index contributed by atoms with van der Waals surface area (Å²) >= 11 is 0. The van der Waals surface area contributed by atoms with Crippen LogP contribution in [0.2, 0.25) is 0 Å². The predicted octanol–water partition coefficient (Wildman–Crippen LogP) is 3.40. The first-order chi connectivity index (χ1) is 15.6. The van der Waals surface area contributed by atoms with Gasteiger partial charge in [-0.1, -0.05) is 49.6 Å². The van der Waals surface area contributed by atoms with E-state index in [1.54, 1.807) is 0 Å². The van der Waals surface area contributed by atoms with Crippen LogP contribution in [0.15, 0.2) is 42.6 Å². The van der Waals surface area contributed by atoms with Gasteiger partial charge in [0.2, 0.25) is 5.88 Å². The fraction of sp³-hybridized carbons (Fsp3) is 0.542. The zero-order valence-corrected chi connectivity index (χ0v) is 18.2. The van der Waals surface area contributed by atoms with Gasteiger partial charge in [0.1, 0.15) is 6.61 Å². The number of nitrogens with zero attached hydrogens (tertiary/aromatic N) is 3. The SMILES string of the molecule is O=C1OC2(CC(c3ccccc3)CCN2CCOc2ccn(C3CCCCC3)n2)OC1=O. The molecule has 8 heteroatoms. The van der Waals surface area contributed by atoms with Gasteiger partial charge in [-0.2, -0.15) is 0 Å². The molecule has 0 amide bonds. The number of likely N-dealkylation sites (tertiary alicyclic amines) is 1. The molecular formula is C24H29N3O5. The first kappa shape index (κ1) is 21.0. The van der Waals surface area contributed by atoms with E-state index in [0.717, 1.165) is 24.8 Å². The Bertz CT molecular complexity index is 938. The maximum atomic E-state index is 11.9. The third-order valence-electron chi connectivity index (χ3n) is 6.82. The van der Waals surface area contributed by atoms with Gasteiger partial charge in [0.25, 0.3) is 0 Å². The number of aromatic nitrogens is 2. The second-order valence-electron chi connectivity index (χ2n) is 8.85. The van der Waals surface area contributed by atoms with Crippen molar-refractivity contribution in [2.24, 2.45) is 0 Å². The topological polar surface area (TPSA) is 82.9 Å². The summed E-state index contributed by atoms with van der Waals surface area (Å²) in [4.78, 5) is 25.7. The molecule has 1 spiro atoms. The van der Waals surface area contributed by atoms with Gasteiger partial charge < -0.3 is 14.2 Å². The summed E-state index contributed by atoms with van der Waals surface area (Å²) in [5.74, 6) is -2.51. The maximum Gasteiger partial charge on any atom is 0.421 e. The van der Waals surface area contributed by atoms with Crippen LogP contribution in [0.5, 0.6) is 5.88 Å². The van der Waals surface area contributed by atoms with Crippen LogP contribution in [-0.4, -0.2) is 52.2 Å². The zero-order valence-electron chi connectivity index (χ0n) is 18.2. The lowest BCUT2D eigenvalue weighted by atomic mass is 9.87. The minimum Gasteiger partial charge on any atom is -0.475 e. The normalized spacial score (nSPS) is 23.8. The maximum absolute atomic E-state index is 11.9. The van der Waals surface area contributed by atoms with Crippen LogP contribution < -0.4 is 4.74 Å². The number of piperidine rings is 1. The fourth-order valence-electron chi connectivity index (χ4n) is 5.13. The second-order valence-corrected chi connectivity index (χ2v) is 8.85. The molecule has 170 valence electrons. The number of benzene rings is 1. The number of hydrogen-bond donors (Lipinski definition) is 0. The number of carbonyl (C=O) groups excluding carboxylic acids is 2. The number of hydrogen-bond acceptors (Lipinski definition) is 7. The Morgan fingerprint density at radius 3 is 2.50 bits per heavy atom. The van der Waals surface area contributed by atoms with Crippen molar-refractivity contribution in [3.63, 3.8) is 0 Å². The fourth-order valence-corrected chi connectivity index (χ4v) is 5.13. The third-order valence-corrected chi connectivity index (χ3v) is 6.82. The van der Waals surface area contributed by atoms with Crippen LogP contribution in [0.25, 0.3) is 0 Å². The summed E-state index contributed by atoms with van der Waals surface area (Å²) in [6.07, 6.45) is 9.39. The molecule has 5 rings (SSSR count). The molecule has 1 saturated carbocycles. The molecule has 3 heterocycles. The Labute approximate surface area is 187 Å². The van der Waals surface area contributed by atoms with E-state index in [1.165, 1.54) is 19.3 Å². The lowest BCUT2D eigenvalue weighted by molar-refractivity contribution is -0.267. The molecule has 3 aliphatic rings. The molecule has 1 aromatic carbocycles. The highest BCUT2D eigenvalue weighted by molar-refractivity contribution is 6.31. The average Bonchev–Trinajstić information content (AvgIpc) is 3.40. The standard InChI is InChI=1S/C24H29N3O5/c28-22-23(29)32-24(31-22)17-19(18-7-3-1-4-8-18)11-13-26(24)15-16-30-21-12-14-27(25-21)20-9-5-2-6-10-20/h1,3-4,7-8,12,14,19-20H,2,5-6,9-11,13,15-17H2. The first-order valence-electron chi connectivity index (χ1n) is 11.6. The van der Waals surface area contributed by atoms with Crippen molar-refractivity contribution >= 4 is 11.9 Å². The lowest BCUT2D eigenvalue weighted by Gasteiger charge is -2.43. The largest absolute Gasteiger partial charge is 0.475 e. The van der Waals surface area contributed by atoms with E-state index in [2.05, 4.69) is 17.2 Å². The third kappa shape index (κ3) is 4.24. The van der Waals surface area contributed by atoms with Crippen LogP contribution in [0, 0.1) is 0 Å². The summed E-state index contributed by atoms with van der Waals surface area (Å²) in [7, 11) is 0. The molecule has 1 aromatic heterocycles. The molecule has 3 fully saturated rings. The Morgan fingerprint density at radius 2 is 1.75 bits per heavy atom. The van der Waals surface area contributed by atoms with Crippen molar-refractivity contribution < 1.29 is 23.8 Å². The number of rotatable bonds is 6. The Kier molecular flexibility index (Phi) is 5.87. The van der Waals surface area contributed by atoms with Crippen molar-refractivity contribution in [2.45, 2.75) is 62.8 Å². The van der Waals surface area contributed by atoms with Crippen molar-refractivity contribution in [1.29, 1.82) is 0 Å². The van der Waals surface area contributed by atoms with Crippen LogP contribution in [0.1, 0.15) is 62.5 Å². The van der Waals surface area contributed by atoms with Crippen molar-refractivity contribution in [3.8, 4) is 5.88 Å². The number of esters is 2. The van der Waals surface area contributed by atoms with Crippen LogP contribution in [0.3, 0.4) is 0 Å². The second kappa shape index (κ2) is 8.94. The van der Waals surface area contributed by atoms with E-state index in [1.807, 2.05) is 40.0 Å². The van der Waals surface area contributed by atoms with E-state index < -0.39 is 17.8 Å². The highest BCUT2D eigenvalue weighted by Crippen LogP contribution is 2.41. The van der Waals surface area contributed by atoms with E-state index in [0.29, 0.717) is 38.0 Å².